The van der Waals surface area contributed by atoms with Crippen LogP contribution in [-0.2, 0) is 9.53 Å². The van der Waals surface area contributed by atoms with E-state index < -0.39 is 5.60 Å². The number of hydrogen-bond donors (Lipinski definition) is 2. The summed E-state index contributed by atoms with van der Waals surface area (Å²) in [4.78, 5) is 26.1. The molecule has 0 aromatic heterocycles. The zero-order valence-electron chi connectivity index (χ0n) is 16.1. The molecule has 0 spiro atoms. The number of ether oxygens (including phenoxy) is 1. The van der Waals surface area contributed by atoms with Gasteiger partial charge in [0.2, 0.25) is 5.91 Å². The molecule has 1 aliphatic heterocycles. The smallest absolute Gasteiger partial charge is 0.407 e. The Morgan fingerprint density at radius 1 is 1.04 bits per heavy atom. The molecule has 25 heavy (non-hydrogen) atoms. The maximum atomic E-state index is 12.1. The highest BCUT2D eigenvalue weighted by molar-refractivity contribution is 5.78. The Hall–Kier alpha value is -1.30. The summed E-state index contributed by atoms with van der Waals surface area (Å²) in [5.41, 5.74) is -0.471. The van der Waals surface area contributed by atoms with Gasteiger partial charge in [-0.05, 0) is 52.4 Å². The lowest BCUT2D eigenvalue weighted by Gasteiger charge is -2.32. The first-order chi connectivity index (χ1) is 11.8. The van der Waals surface area contributed by atoms with Gasteiger partial charge >= 0.3 is 6.09 Å². The van der Waals surface area contributed by atoms with E-state index in [1.807, 2.05) is 20.8 Å². The van der Waals surface area contributed by atoms with E-state index in [9.17, 15) is 9.59 Å². The molecule has 144 valence electrons. The summed E-state index contributed by atoms with van der Waals surface area (Å²) in [6.07, 6.45) is 7.82. The Balaban J connectivity index is 1.59. The minimum absolute atomic E-state index is 0.129. The Kier molecular flexibility index (Phi) is 7.54. The molecule has 0 aromatic carbocycles. The standard InChI is InChI=1S/C19H35N3O3/c1-19(2,3)25-18(24)21-16-9-11-22(12-10-16)14-17(23)20-13-15-7-5-4-6-8-15/h15-16H,4-14H2,1-3H3,(H,20,23)(H,21,24). The first kappa shape index (κ1) is 20.0. The number of alkyl carbamates (subject to hydrolysis) is 1. The van der Waals surface area contributed by atoms with Gasteiger partial charge < -0.3 is 15.4 Å². The van der Waals surface area contributed by atoms with E-state index in [2.05, 4.69) is 15.5 Å². The molecule has 6 heteroatoms. The van der Waals surface area contributed by atoms with Gasteiger partial charge in [0, 0.05) is 25.7 Å². The summed E-state index contributed by atoms with van der Waals surface area (Å²) < 4.78 is 5.29. The number of piperidine rings is 1. The fraction of sp³-hybridized carbons (Fsp3) is 0.895. The van der Waals surface area contributed by atoms with Crippen LogP contribution in [0.4, 0.5) is 4.79 Å². The van der Waals surface area contributed by atoms with Crippen LogP contribution in [0.2, 0.25) is 0 Å². The third-order valence-corrected chi connectivity index (χ3v) is 4.99. The van der Waals surface area contributed by atoms with E-state index >= 15 is 0 Å². The molecule has 0 radical (unpaired) electrons. The summed E-state index contributed by atoms with van der Waals surface area (Å²) >= 11 is 0. The van der Waals surface area contributed by atoms with Crippen LogP contribution >= 0.6 is 0 Å². The second-order valence-corrected chi connectivity index (χ2v) is 8.50. The van der Waals surface area contributed by atoms with Gasteiger partial charge in [0.1, 0.15) is 5.60 Å². The van der Waals surface area contributed by atoms with E-state index in [-0.39, 0.29) is 18.0 Å². The van der Waals surface area contributed by atoms with Crippen LogP contribution in [0.25, 0.3) is 0 Å². The topological polar surface area (TPSA) is 70.7 Å². The molecule has 2 N–H and O–H groups in total. The van der Waals surface area contributed by atoms with E-state index in [0.717, 1.165) is 32.5 Å². The molecular weight excluding hydrogens is 318 g/mol. The van der Waals surface area contributed by atoms with Gasteiger partial charge in [0.15, 0.2) is 0 Å². The van der Waals surface area contributed by atoms with Crippen LogP contribution in [0.5, 0.6) is 0 Å². The lowest BCUT2D eigenvalue weighted by atomic mass is 9.89. The fourth-order valence-electron chi connectivity index (χ4n) is 3.62. The highest BCUT2D eigenvalue weighted by Crippen LogP contribution is 2.22. The molecule has 2 rings (SSSR count). The molecule has 0 unspecified atom stereocenters. The van der Waals surface area contributed by atoms with Crippen molar-refractivity contribution in [3.8, 4) is 0 Å². The number of likely N-dealkylation sites (tertiary alicyclic amines) is 1. The van der Waals surface area contributed by atoms with Crippen molar-refractivity contribution in [3.05, 3.63) is 0 Å². The highest BCUT2D eigenvalue weighted by Gasteiger charge is 2.24. The predicted molar refractivity (Wildman–Crippen MR) is 98.4 cm³/mol. The van der Waals surface area contributed by atoms with E-state index in [1.54, 1.807) is 0 Å². The Morgan fingerprint density at radius 2 is 1.68 bits per heavy atom. The summed E-state index contributed by atoms with van der Waals surface area (Å²) in [7, 11) is 0. The Morgan fingerprint density at radius 3 is 2.28 bits per heavy atom. The van der Waals surface area contributed by atoms with Crippen molar-refractivity contribution in [3.63, 3.8) is 0 Å². The predicted octanol–water partition coefficient (Wildman–Crippen LogP) is 2.67. The SMILES string of the molecule is CC(C)(C)OC(=O)NC1CCN(CC(=O)NCC2CCCCC2)CC1. The molecule has 1 saturated carbocycles. The van der Waals surface area contributed by atoms with Gasteiger partial charge in [0.05, 0.1) is 6.54 Å². The van der Waals surface area contributed by atoms with Gasteiger partial charge in [-0.3, -0.25) is 9.69 Å². The molecule has 6 nitrogen and oxygen atoms in total. The Labute approximate surface area is 152 Å². The number of carbonyl (C=O) groups is 2. The van der Waals surface area contributed by atoms with Gasteiger partial charge in [-0.1, -0.05) is 19.3 Å². The lowest BCUT2D eigenvalue weighted by Crippen LogP contribution is -2.48. The summed E-state index contributed by atoms with van der Waals surface area (Å²) in [6.45, 7) is 8.54. The molecule has 0 bridgehead atoms. The van der Waals surface area contributed by atoms with Crippen molar-refractivity contribution in [2.45, 2.75) is 77.4 Å². The number of rotatable bonds is 5. The third-order valence-electron chi connectivity index (χ3n) is 4.99. The zero-order chi connectivity index (χ0) is 18.3. The summed E-state index contributed by atoms with van der Waals surface area (Å²) in [5.74, 6) is 0.797. The maximum absolute atomic E-state index is 12.1. The molecule has 0 atom stereocenters. The molecular formula is C19H35N3O3. The molecule has 2 amide bonds. The summed E-state index contributed by atoms with van der Waals surface area (Å²) in [6, 6.07) is 0.136. The van der Waals surface area contributed by atoms with Crippen molar-refractivity contribution >= 4 is 12.0 Å². The monoisotopic (exact) mass is 353 g/mol. The lowest BCUT2D eigenvalue weighted by molar-refractivity contribution is -0.122. The largest absolute Gasteiger partial charge is 0.444 e. The molecule has 0 aromatic rings. The van der Waals surface area contributed by atoms with Crippen molar-refractivity contribution in [1.82, 2.24) is 15.5 Å². The van der Waals surface area contributed by atoms with E-state index in [1.165, 1.54) is 32.1 Å². The second-order valence-electron chi connectivity index (χ2n) is 8.50. The minimum Gasteiger partial charge on any atom is -0.444 e. The Bertz CT molecular complexity index is 434. The zero-order valence-corrected chi connectivity index (χ0v) is 16.1. The first-order valence-corrected chi connectivity index (χ1v) is 9.80. The number of amides is 2. The maximum Gasteiger partial charge on any atom is 0.407 e. The van der Waals surface area contributed by atoms with Crippen molar-refractivity contribution in [2.24, 2.45) is 5.92 Å². The molecule has 2 fully saturated rings. The second kappa shape index (κ2) is 9.41. The van der Waals surface area contributed by atoms with Crippen LogP contribution < -0.4 is 10.6 Å². The third kappa shape index (κ3) is 8.08. The fourth-order valence-corrected chi connectivity index (χ4v) is 3.62. The number of nitrogens with zero attached hydrogens (tertiary/aromatic N) is 1. The van der Waals surface area contributed by atoms with Gasteiger partial charge in [-0.25, -0.2) is 4.79 Å². The van der Waals surface area contributed by atoms with Crippen molar-refractivity contribution in [2.75, 3.05) is 26.2 Å². The number of hydrogen-bond acceptors (Lipinski definition) is 4. The van der Waals surface area contributed by atoms with Crippen LogP contribution in [0.15, 0.2) is 0 Å². The normalized spacial score (nSPS) is 20.9. The highest BCUT2D eigenvalue weighted by atomic mass is 16.6. The van der Waals surface area contributed by atoms with E-state index in [0.29, 0.717) is 12.5 Å². The molecule has 1 aliphatic carbocycles. The molecule has 2 aliphatic rings. The van der Waals surface area contributed by atoms with Crippen LogP contribution in [0, 0.1) is 5.92 Å². The van der Waals surface area contributed by atoms with Crippen LogP contribution in [0.3, 0.4) is 0 Å². The first-order valence-electron chi connectivity index (χ1n) is 9.80. The van der Waals surface area contributed by atoms with Crippen molar-refractivity contribution < 1.29 is 14.3 Å². The average Bonchev–Trinajstić information content (AvgIpc) is 2.54. The van der Waals surface area contributed by atoms with Crippen LogP contribution in [0.1, 0.15) is 65.7 Å². The van der Waals surface area contributed by atoms with E-state index in [4.69, 9.17) is 4.74 Å². The average molecular weight is 354 g/mol. The van der Waals surface area contributed by atoms with Crippen LogP contribution in [-0.4, -0.2) is 54.7 Å². The van der Waals surface area contributed by atoms with Gasteiger partial charge in [-0.2, -0.15) is 0 Å². The molecule has 1 saturated heterocycles. The van der Waals surface area contributed by atoms with Gasteiger partial charge in [0.25, 0.3) is 0 Å². The molecule has 1 heterocycles. The summed E-state index contributed by atoms with van der Waals surface area (Å²) in [5, 5.41) is 6.03. The number of carbonyl (C=O) groups excluding carboxylic acids is 2. The quantitative estimate of drug-likeness (QED) is 0.797. The minimum atomic E-state index is -0.471. The van der Waals surface area contributed by atoms with Gasteiger partial charge in [-0.15, -0.1) is 0 Å². The van der Waals surface area contributed by atoms with Crippen molar-refractivity contribution in [1.29, 1.82) is 0 Å². The number of nitrogens with one attached hydrogen (secondary N) is 2.